The number of hydrogen-bond acceptors (Lipinski definition) is 1. The van der Waals surface area contributed by atoms with E-state index >= 15 is 0 Å². The molecule has 30 heavy (non-hydrogen) atoms. The van der Waals surface area contributed by atoms with E-state index in [-0.39, 0.29) is 10.8 Å². The van der Waals surface area contributed by atoms with Gasteiger partial charge in [0.1, 0.15) is 0 Å². The quantitative estimate of drug-likeness (QED) is 0.395. The van der Waals surface area contributed by atoms with Crippen LogP contribution in [0.2, 0.25) is 0 Å². The Morgan fingerprint density at radius 1 is 0.633 bits per heavy atom. The van der Waals surface area contributed by atoms with Crippen molar-refractivity contribution in [2.24, 2.45) is 0 Å². The first-order chi connectivity index (χ1) is 14.0. The summed E-state index contributed by atoms with van der Waals surface area (Å²) in [5.74, 6) is 0. The van der Waals surface area contributed by atoms with Crippen molar-refractivity contribution in [2.45, 2.75) is 105 Å². The van der Waals surface area contributed by atoms with E-state index in [1.54, 1.807) is 0 Å². The molecule has 0 bridgehead atoms. The van der Waals surface area contributed by atoms with Gasteiger partial charge in [-0.3, -0.25) is 0 Å². The third-order valence-electron chi connectivity index (χ3n) is 5.79. The maximum absolute atomic E-state index is 13.8. The van der Waals surface area contributed by atoms with Crippen molar-refractivity contribution < 1.29 is 4.57 Å². The minimum absolute atomic E-state index is 0.0483. The molecule has 0 aromatic heterocycles. The minimum Gasteiger partial charge on any atom is -0.0654 e. The zero-order chi connectivity index (χ0) is 22.5. The molecule has 0 amide bonds. The SMILES string of the molecule is CCCCc1cc([P+](=O)c2cc(CCCC)cc(C(C)(C)C)c2)cc(C(C)(C)C)c1. The van der Waals surface area contributed by atoms with Gasteiger partial charge in [0.25, 0.3) is 0 Å². The highest BCUT2D eigenvalue weighted by Crippen LogP contribution is 2.30. The summed E-state index contributed by atoms with van der Waals surface area (Å²) in [7, 11) is -1.61. The van der Waals surface area contributed by atoms with Gasteiger partial charge < -0.3 is 0 Å². The molecule has 0 aliphatic carbocycles. The molecule has 0 spiro atoms. The first-order valence-corrected chi connectivity index (χ1v) is 13.0. The number of benzene rings is 2. The van der Waals surface area contributed by atoms with Crippen molar-refractivity contribution in [1.29, 1.82) is 0 Å². The Morgan fingerprint density at radius 2 is 1.00 bits per heavy atom. The molecule has 0 fully saturated rings. The summed E-state index contributed by atoms with van der Waals surface area (Å²) >= 11 is 0. The lowest BCUT2D eigenvalue weighted by atomic mass is 9.85. The predicted octanol–water partition coefficient (Wildman–Crippen LogP) is 7.75. The summed E-state index contributed by atoms with van der Waals surface area (Å²) in [5.41, 5.74) is 5.31. The number of hydrogen-bond donors (Lipinski definition) is 0. The maximum atomic E-state index is 13.8. The minimum atomic E-state index is -1.61. The van der Waals surface area contributed by atoms with Crippen molar-refractivity contribution in [2.75, 3.05) is 0 Å². The highest BCUT2D eigenvalue weighted by molar-refractivity contribution is 7.61. The van der Waals surface area contributed by atoms with Gasteiger partial charge in [-0.15, -0.1) is 0 Å². The lowest BCUT2D eigenvalue weighted by Gasteiger charge is -2.20. The molecule has 1 nitrogen and oxygen atoms in total. The van der Waals surface area contributed by atoms with Gasteiger partial charge in [-0.1, -0.05) is 84.9 Å². The molecule has 2 aromatic carbocycles. The van der Waals surface area contributed by atoms with Gasteiger partial charge in [0.05, 0.1) is 0 Å². The third kappa shape index (κ3) is 6.78. The summed E-state index contributed by atoms with van der Waals surface area (Å²) < 4.78 is 13.8. The van der Waals surface area contributed by atoms with Crippen LogP contribution in [0.3, 0.4) is 0 Å². The van der Waals surface area contributed by atoms with E-state index in [9.17, 15) is 4.57 Å². The number of rotatable bonds is 8. The van der Waals surface area contributed by atoms with E-state index in [0.717, 1.165) is 23.5 Å². The van der Waals surface area contributed by atoms with Gasteiger partial charge in [0.15, 0.2) is 10.6 Å². The van der Waals surface area contributed by atoms with Crippen LogP contribution in [0.4, 0.5) is 0 Å². The summed E-state index contributed by atoms with van der Waals surface area (Å²) in [6.07, 6.45) is 6.81. The average Bonchev–Trinajstić information content (AvgIpc) is 2.68. The molecule has 164 valence electrons. The Hall–Kier alpha value is -1.46. The van der Waals surface area contributed by atoms with Crippen molar-refractivity contribution in [3.05, 3.63) is 58.7 Å². The molecule has 2 rings (SSSR count). The smallest absolute Gasteiger partial charge is 0.0654 e. The van der Waals surface area contributed by atoms with Gasteiger partial charge in [-0.25, -0.2) is 0 Å². The van der Waals surface area contributed by atoms with Gasteiger partial charge >= 0.3 is 7.80 Å². The van der Waals surface area contributed by atoms with Crippen LogP contribution in [0, 0.1) is 0 Å². The first kappa shape index (κ1) is 24.8. The van der Waals surface area contributed by atoms with Gasteiger partial charge in [0.2, 0.25) is 0 Å². The van der Waals surface area contributed by atoms with Crippen LogP contribution >= 0.6 is 7.80 Å². The molecule has 0 saturated heterocycles. The van der Waals surface area contributed by atoms with Crippen LogP contribution in [0.1, 0.15) is 103 Å². The molecule has 2 aromatic rings. The average molecular weight is 426 g/mol. The van der Waals surface area contributed by atoms with Crippen molar-refractivity contribution in [3.8, 4) is 0 Å². The summed E-state index contributed by atoms with van der Waals surface area (Å²) in [4.78, 5) is 0. The second-order valence-corrected chi connectivity index (χ2v) is 12.4. The highest BCUT2D eigenvalue weighted by atomic mass is 31.1. The molecule has 2 heteroatoms. The van der Waals surface area contributed by atoms with Gasteiger partial charge in [-0.05, 0) is 83.0 Å². The Labute approximate surface area is 186 Å². The molecule has 0 aliphatic heterocycles. The fraction of sp³-hybridized carbons (Fsp3) is 0.571. The van der Waals surface area contributed by atoms with E-state index in [2.05, 4.69) is 91.8 Å². The fourth-order valence-corrected chi connectivity index (χ4v) is 5.03. The van der Waals surface area contributed by atoms with Crippen LogP contribution in [0.5, 0.6) is 0 Å². The summed E-state index contributed by atoms with van der Waals surface area (Å²) in [5, 5.41) is 1.96. The molecular formula is C28H42OP+. The first-order valence-electron chi connectivity index (χ1n) is 11.7. The maximum Gasteiger partial charge on any atom is 0.415 e. The standard InChI is InChI=1S/C28H42OP/c1-9-11-13-21-15-23(27(3,4)5)19-25(17-21)30(29)26-18-22(14-12-10-2)16-24(20-26)28(6,7)8/h15-20H,9-14H2,1-8H3/q+1. The van der Waals surface area contributed by atoms with E-state index in [1.807, 2.05) is 0 Å². The monoisotopic (exact) mass is 425 g/mol. The normalized spacial score (nSPS) is 12.3. The number of aryl methyl sites for hydroxylation is 2. The number of unbranched alkanes of at least 4 members (excludes halogenated alkanes) is 2. The molecule has 0 N–H and O–H groups in total. The Kier molecular flexibility index (Phi) is 8.46. The molecule has 0 aliphatic rings. The zero-order valence-corrected chi connectivity index (χ0v) is 21.5. The summed E-state index contributed by atoms with van der Waals surface area (Å²) in [6.45, 7) is 17.9. The fourth-order valence-electron chi connectivity index (χ4n) is 3.65. The predicted molar refractivity (Wildman–Crippen MR) is 134 cm³/mol. The lowest BCUT2D eigenvalue weighted by molar-refractivity contribution is 0.588. The van der Waals surface area contributed by atoms with E-state index in [1.165, 1.54) is 47.9 Å². The second kappa shape index (κ2) is 10.2. The van der Waals surface area contributed by atoms with E-state index in [0.29, 0.717) is 0 Å². The molecule has 0 heterocycles. The third-order valence-corrected chi connectivity index (χ3v) is 7.25. The largest absolute Gasteiger partial charge is 0.415 e. The van der Waals surface area contributed by atoms with Crippen LogP contribution in [0.15, 0.2) is 36.4 Å². The van der Waals surface area contributed by atoms with Crippen LogP contribution < -0.4 is 10.6 Å². The van der Waals surface area contributed by atoms with Crippen LogP contribution in [0.25, 0.3) is 0 Å². The molecular weight excluding hydrogens is 383 g/mol. The second-order valence-electron chi connectivity index (χ2n) is 10.8. The van der Waals surface area contributed by atoms with Gasteiger partial charge in [-0.2, -0.15) is 0 Å². The topological polar surface area (TPSA) is 17.1 Å². The molecule has 0 radical (unpaired) electrons. The van der Waals surface area contributed by atoms with Gasteiger partial charge in [0, 0.05) is 0 Å². The molecule has 0 atom stereocenters. The van der Waals surface area contributed by atoms with Crippen molar-refractivity contribution in [3.63, 3.8) is 0 Å². The summed E-state index contributed by atoms with van der Waals surface area (Å²) in [6, 6.07) is 13.4. The van der Waals surface area contributed by atoms with Crippen molar-refractivity contribution >= 4 is 18.4 Å². The molecule has 0 unspecified atom stereocenters. The van der Waals surface area contributed by atoms with Crippen LogP contribution in [-0.2, 0) is 28.2 Å². The lowest BCUT2D eigenvalue weighted by Crippen LogP contribution is -2.19. The highest BCUT2D eigenvalue weighted by Gasteiger charge is 2.29. The Morgan fingerprint density at radius 3 is 1.30 bits per heavy atom. The van der Waals surface area contributed by atoms with E-state index in [4.69, 9.17) is 0 Å². The Balaban J connectivity index is 2.55. The van der Waals surface area contributed by atoms with Crippen LogP contribution in [-0.4, -0.2) is 0 Å². The van der Waals surface area contributed by atoms with E-state index < -0.39 is 7.80 Å². The zero-order valence-electron chi connectivity index (χ0n) is 20.6. The molecule has 0 saturated carbocycles. The van der Waals surface area contributed by atoms with Crippen molar-refractivity contribution in [1.82, 2.24) is 0 Å². The Bertz CT molecular complexity index is 794.